The maximum absolute atomic E-state index is 12.5. The molecule has 1 N–H and O–H groups in total. The molecule has 0 bridgehead atoms. The lowest BCUT2D eigenvalue weighted by molar-refractivity contribution is 0.0151. The molecule has 8 nitrogen and oxygen atoms in total. The number of tetrazole rings is 1. The number of hydrogen-bond acceptors (Lipinski definition) is 7. The van der Waals surface area contributed by atoms with Gasteiger partial charge in [0.05, 0.1) is 12.7 Å². The zero-order valence-electron chi connectivity index (χ0n) is 17.8. The molecule has 0 aliphatic heterocycles. The second-order valence-corrected chi connectivity index (χ2v) is 7.45. The molecule has 0 saturated carbocycles. The Morgan fingerprint density at radius 1 is 1.00 bits per heavy atom. The van der Waals surface area contributed by atoms with Crippen LogP contribution in [-0.2, 0) is 4.74 Å². The first kappa shape index (κ1) is 21.3. The molecule has 0 aliphatic carbocycles. The summed E-state index contributed by atoms with van der Waals surface area (Å²) in [4.78, 5) is 12.5. The first-order valence-electron chi connectivity index (χ1n) is 9.76. The number of nitrogens with zero attached hydrogens (tertiary/aromatic N) is 3. The molecule has 0 aliphatic rings. The van der Waals surface area contributed by atoms with E-state index in [4.69, 9.17) is 14.2 Å². The van der Waals surface area contributed by atoms with Crippen LogP contribution in [0, 0.1) is 0 Å². The Morgan fingerprint density at radius 2 is 1.77 bits per heavy atom. The highest BCUT2D eigenvalue weighted by Gasteiger charge is 2.15. The van der Waals surface area contributed by atoms with Crippen molar-refractivity contribution in [1.29, 1.82) is 0 Å². The van der Waals surface area contributed by atoms with Gasteiger partial charge in [-0.3, -0.25) is 0 Å². The third kappa shape index (κ3) is 4.76. The van der Waals surface area contributed by atoms with Gasteiger partial charge in [-0.05, 0) is 52.4 Å². The highest BCUT2D eigenvalue weighted by molar-refractivity contribution is 5.89. The molecule has 2 aromatic carbocycles. The summed E-state index contributed by atoms with van der Waals surface area (Å²) < 4.78 is 16.5. The highest BCUT2D eigenvalue weighted by atomic mass is 16.7. The van der Waals surface area contributed by atoms with E-state index in [1.54, 1.807) is 25.3 Å². The Kier molecular flexibility index (Phi) is 6.66. The number of aromatic nitrogens is 4. The summed E-state index contributed by atoms with van der Waals surface area (Å²) in [7, 11) is 1.61. The minimum Gasteiger partial charge on any atom is -0.496 e. The summed E-state index contributed by atoms with van der Waals surface area (Å²) in [6.45, 7) is 8.00. The van der Waals surface area contributed by atoms with Crippen LogP contribution in [0.3, 0.4) is 0 Å². The van der Waals surface area contributed by atoms with E-state index in [-0.39, 0.29) is 18.6 Å². The average Bonchev–Trinajstić information content (AvgIpc) is 3.27. The number of H-pyrrole nitrogens is 1. The first-order valence-corrected chi connectivity index (χ1v) is 9.76. The lowest BCUT2D eigenvalue weighted by atomic mass is 9.99. The zero-order chi connectivity index (χ0) is 21.7. The van der Waals surface area contributed by atoms with Gasteiger partial charge in [-0.15, -0.1) is 10.2 Å². The van der Waals surface area contributed by atoms with Crippen molar-refractivity contribution in [3.05, 3.63) is 53.1 Å². The number of methoxy groups -OCH3 is 1. The fourth-order valence-electron chi connectivity index (χ4n) is 3.10. The summed E-state index contributed by atoms with van der Waals surface area (Å²) >= 11 is 0. The number of ether oxygens (including phenoxy) is 3. The second-order valence-electron chi connectivity index (χ2n) is 7.45. The van der Waals surface area contributed by atoms with Gasteiger partial charge in [-0.2, -0.15) is 5.21 Å². The van der Waals surface area contributed by atoms with Crippen LogP contribution in [0.15, 0.2) is 36.4 Å². The highest BCUT2D eigenvalue weighted by Crippen LogP contribution is 2.31. The molecule has 1 aromatic heterocycles. The maximum atomic E-state index is 12.5. The van der Waals surface area contributed by atoms with Gasteiger partial charge in [0.25, 0.3) is 0 Å². The number of carbonyl (C=O) groups excluding carboxylic acids is 1. The Hall–Kier alpha value is -3.42. The SMILES string of the molecule is COc1ccc(C(=O)OCOc2cc(-c3nn[nH]n3)ccc2C(C)C)cc1C(C)C. The molecule has 8 heteroatoms. The predicted octanol–water partition coefficient (Wildman–Crippen LogP) is 4.32. The molecular formula is C22H26N4O4. The van der Waals surface area contributed by atoms with Crippen molar-refractivity contribution in [2.75, 3.05) is 13.9 Å². The smallest absolute Gasteiger partial charge is 0.341 e. The van der Waals surface area contributed by atoms with Gasteiger partial charge in [0.15, 0.2) is 0 Å². The van der Waals surface area contributed by atoms with E-state index in [9.17, 15) is 4.79 Å². The summed E-state index contributed by atoms with van der Waals surface area (Å²) in [5.74, 6) is 1.80. The molecule has 3 rings (SSSR count). The Bertz CT molecular complexity index is 1000. The van der Waals surface area contributed by atoms with Crippen molar-refractivity contribution < 1.29 is 19.0 Å². The van der Waals surface area contributed by atoms with Gasteiger partial charge in [0.1, 0.15) is 11.5 Å². The normalized spacial score (nSPS) is 11.0. The molecule has 0 fully saturated rings. The van der Waals surface area contributed by atoms with Crippen molar-refractivity contribution >= 4 is 5.97 Å². The van der Waals surface area contributed by atoms with E-state index >= 15 is 0 Å². The number of aromatic amines is 1. The molecule has 3 aromatic rings. The fourth-order valence-corrected chi connectivity index (χ4v) is 3.10. The molecule has 0 atom stereocenters. The van der Waals surface area contributed by atoms with E-state index in [0.717, 1.165) is 22.4 Å². The summed E-state index contributed by atoms with van der Waals surface area (Å²) in [6.07, 6.45) is 0. The molecule has 1 heterocycles. The van der Waals surface area contributed by atoms with Crippen LogP contribution in [-0.4, -0.2) is 40.5 Å². The van der Waals surface area contributed by atoms with Gasteiger partial charge >= 0.3 is 5.97 Å². The Balaban J connectivity index is 1.72. The van der Waals surface area contributed by atoms with Gasteiger partial charge in [-0.25, -0.2) is 4.79 Å². The number of esters is 1. The van der Waals surface area contributed by atoms with Crippen LogP contribution in [0.2, 0.25) is 0 Å². The van der Waals surface area contributed by atoms with Crippen molar-refractivity contribution in [2.45, 2.75) is 39.5 Å². The van der Waals surface area contributed by atoms with E-state index in [1.807, 2.05) is 32.0 Å². The monoisotopic (exact) mass is 410 g/mol. The van der Waals surface area contributed by atoms with Crippen LogP contribution in [0.1, 0.15) is 61.0 Å². The van der Waals surface area contributed by atoms with Crippen LogP contribution >= 0.6 is 0 Å². The molecule has 0 spiro atoms. The van der Waals surface area contributed by atoms with E-state index in [1.165, 1.54) is 0 Å². The minimum atomic E-state index is -0.458. The number of benzene rings is 2. The molecule has 158 valence electrons. The van der Waals surface area contributed by atoms with Gasteiger partial charge in [0, 0.05) is 5.56 Å². The number of carbonyl (C=O) groups is 1. The Labute approximate surface area is 175 Å². The van der Waals surface area contributed by atoms with E-state index in [2.05, 4.69) is 34.5 Å². The molecule has 30 heavy (non-hydrogen) atoms. The number of hydrogen-bond donors (Lipinski definition) is 1. The van der Waals surface area contributed by atoms with Gasteiger partial charge < -0.3 is 14.2 Å². The van der Waals surface area contributed by atoms with Crippen LogP contribution < -0.4 is 9.47 Å². The quantitative estimate of drug-likeness (QED) is 0.436. The summed E-state index contributed by atoms with van der Waals surface area (Å²) in [6, 6.07) is 10.9. The predicted molar refractivity (Wildman–Crippen MR) is 112 cm³/mol. The van der Waals surface area contributed by atoms with Crippen molar-refractivity contribution in [2.24, 2.45) is 0 Å². The lowest BCUT2D eigenvalue weighted by Crippen LogP contribution is -2.12. The summed E-state index contributed by atoms with van der Waals surface area (Å²) in [5.41, 5.74) is 3.14. The third-order valence-electron chi connectivity index (χ3n) is 4.73. The lowest BCUT2D eigenvalue weighted by Gasteiger charge is -2.16. The van der Waals surface area contributed by atoms with Crippen molar-refractivity contribution in [3.8, 4) is 22.9 Å². The Morgan fingerprint density at radius 3 is 2.40 bits per heavy atom. The third-order valence-corrected chi connectivity index (χ3v) is 4.73. The molecule has 0 unspecified atom stereocenters. The first-order chi connectivity index (χ1) is 14.4. The van der Waals surface area contributed by atoms with Gasteiger partial charge in [0.2, 0.25) is 12.6 Å². The van der Waals surface area contributed by atoms with Crippen molar-refractivity contribution in [1.82, 2.24) is 20.6 Å². The average molecular weight is 410 g/mol. The molecular weight excluding hydrogens is 384 g/mol. The standard InChI is InChI=1S/C22H26N4O4/c1-13(2)17-8-6-15(21-23-25-26-24-21)11-20(17)29-12-30-22(27)16-7-9-19(28-5)18(10-16)14(3)4/h6-11,13-14H,12H2,1-5H3,(H,23,24,25,26). The number of rotatable bonds is 8. The maximum Gasteiger partial charge on any atom is 0.341 e. The summed E-state index contributed by atoms with van der Waals surface area (Å²) in [5, 5.41) is 14.0. The topological polar surface area (TPSA) is 99.2 Å². The fraction of sp³-hybridized carbons (Fsp3) is 0.364. The van der Waals surface area contributed by atoms with Crippen LogP contribution in [0.5, 0.6) is 11.5 Å². The largest absolute Gasteiger partial charge is 0.496 e. The van der Waals surface area contributed by atoms with E-state index in [0.29, 0.717) is 17.1 Å². The molecule has 0 amide bonds. The van der Waals surface area contributed by atoms with E-state index < -0.39 is 5.97 Å². The molecule has 0 saturated heterocycles. The number of nitrogens with one attached hydrogen (secondary N) is 1. The van der Waals surface area contributed by atoms with Crippen LogP contribution in [0.4, 0.5) is 0 Å². The van der Waals surface area contributed by atoms with Crippen LogP contribution in [0.25, 0.3) is 11.4 Å². The second kappa shape index (κ2) is 9.39. The zero-order valence-corrected chi connectivity index (χ0v) is 17.8. The molecule has 0 radical (unpaired) electrons. The van der Waals surface area contributed by atoms with Crippen molar-refractivity contribution in [3.63, 3.8) is 0 Å². The minimum absolute atomic E-state index is 0.211. The van der Waals surface area contributed by atoms with Gasteiger partial charge in [-0.1, -0.05) is 39.8 Å².